The van der Waals surface area contributed by atoms with Crippen LogP contribution in [-0.4, -0.2) is 13.7 Å². The molecule has 1 N–H and O–H groups in total. The van der Waals surface area contributed by atoms with E-state index in [-0.39, 0.29) is 0 Å². The smallest absolute Gasteiger partial charge is 0.142 e. The van der Waals surface area contributed by atoms with E-state index in [1.54, 1.807) is 0 Å². The zero-order chi connectivity index (χ0) is 12.8. The Morgan fingerprint density at radius 1 is 1.28 bits per heavy atom. The minimum absolute atomic E-state index is 0.706. The zero-order valence-corrected chi connectivity index (χ0v) is 11.8. The third-order valence-corrected chi connectivity index (χ3v) is 3.90. The van der Waals surface area contributed by atoms with E-state index >= 15 is 0 Å². The van der Waals surface area contributed by atoms with Crippen LogP contribution in [0.4, 0.5) is 0 Å². The van der Waals surface area contributed by atoms with Gasteiger partial charge in [-0.15, -0.1) is 0 Å². The third kappa shape index (κ3) is 3.63. The summed E-state index contributed by atoms with van der Waals surface area (Å²) in [5, 5.41) is 3.87. The second-order valence-corrected chi connectivity index (χ2v) is 5.48. The van der Waals surface area contributed by atoms with Crippen LogP contribution in [0.2, 0.25) is 5.02 Å². The van der Waals surface area contributed by atoms with Crippen molar-refractivity contribution in [3.8, 4) is 5.75 Å². The highest BCUT2D eigenvalue weighted by atomic mass is 35.5. The second kappa shape index (κ2) is 7.01. The maximum absolute atomic E-state index is 6.23. The molecule has 100 valence electrons. The Labute approximate surface area is 115 Å². The molecule has 0 atom stereocenters. The number of hydrogen-bond donors (Lipinski definition) is 1. The number of nitrogens with one attached hydrogen (secondary N) is 1. The van der Waals surface area contributed by atoms with Crippen LogP contribution in [0.5, 0.6) is 5.75 Å². The summed E-state index contributed by atoms with van der Waals surface area (Å²) in [4.78, 5) is 0. The van der Waals surface area contributed by atoms with Gasteiger partial charge in [-0.3, -0.25) is 0 Å². The molecule has 1 fully saturated rings. The number of hydrogen-bond acceptors (Lipinski definition) is 2. The molecule has 0 amide bonds. The Kier molecular flexibility index (Phi) is 5.33. The second-order valence-electron chi connectivity index (χ2n) is 5.07. The normalized spacial score (nSPS) is 16.8. The van der Waals surface area contributed by atoms with Crippen molar-refractivity contribution in [2.75, 3.05) is 13.7 Å². The van der Waals surface area contributed by atoms with Gasteiger partial charge in [0.15, 0.2) is 0 Å². The van der Waals surface area contributed by atoms with Crippen molar-refractivity contribution in [1.82, 2.24) is 5.32 Å². The highest BCUT2D eigenvalue weighted by Crippen LogP contribution is 2.31. The molecule has 1 aromatic rings. The van der Waals surface area contributed by atoms with Gasteiger partial charge in [0.05, 0.1) is 11.6 Å². The van der Waals surface area contributed by atoms with Gasteiger partial charge in [-0.05, 0) is 31.9 Å². The molecule has 0 bridgehead atoms. The Morgan fingerprint density at radius 3 is 2.78 bits per heavy atom. The van der Waals surface area contributed by atoms with Gasteiger partial charge in [-0.1, -0.05) is 43.0 Å². The maximum atomic E-state index is 6.23. The zero-order valence-electron chi connectivity index (χ0n) is 11.0. The van der Waals surface area contributed by atoms with Crippen LogP contribution in [0.25, 0.3) is 0 Å². The fraction of sp³-hybridized carbons (Fsp3) is 0.600. The van der Waals surface area contributed by atoms with Crippen LogP contribution >= 0.6 is 11.6 Å². The minimum atomic E-state index is 0.706. The van der Waals surface area contributed by atoms with Crippen molar-refractivity contribution in [3.05, 3.63) is 28.8 Å². The van der Waals surface area contributed by atoms with Crippen molar-refractivity contribution in [2.45, 2.75) is 38.6 Å². The molecular formula is C15H22ClNO. The third-order valence-electron chi connectivity index (χ3n) is 3.60. The summed E-state index contributed by atoms with van der Waals surface area (Å²) in [6.45, 7) is 1.60. The van der Waals surface area contributed by atoms with Crippen molar-refractivity contribution in [3.63, 3.8) is 0 Å². The van der Waals surface area contributed by atoms with Crippen molar-refractivity contribution in [2.24, 2.45) is 5.92 Å². The van der Waals surface area contributed by atoms with Crippen LogP contribution in [0.15, 0.2) is 18.2 Å². The highest BCUT2D eigenvalue weighted by Gasteiger charge is 2.15. The topological polar surface area (TPSA) is 21.3 Å². The molecule has 2 rings (SSSR count). The van der Waals surface area contributed by atoms with Gasteiger partial charge in [0.25, 0.3) is 0 Å². The molecule has 18 heavy (non-hydrogen) atoms. The lowest BCUT2D eigenvalue weighted by atomic mass is 9.90. The largest absolute Gasteiger partial charge is 0.491 e. The standard InChI is InChI=1S/C15H22ClNO/c1-17-10-13-8-5-9-14(16)15(13)18-11-12-6-3-2-4-7-12/h5,8-9,12,17H,2-4,6-7,10-11H2,1H3. The predicted molar refractivity (Wildman–Crippen MR) is 76.3 cm³/mol. The summed E-state index contributed by atoms with van der Waals surface area (Å²) in [5.74, 6) is 1.57. The summed E-state index contributed by atoms with van der Waals surface area (Å²) < 4.78 is 5.99. The molecule has 1 aromatic carbocycles. The van der Waals surface area contributed by atoms with E-state index in [9.17, 15) is 0 Å². The van der Waals surface area contributed by atoms with Crippen LogP contribution in [0.3, 0.4) is 0 Å². The van der Waals surface area contributed by atoms with Gasteiger partial charge in [0.2, 0.25) is 0 Å². The number of ether oxygens (including phenoxy) is 1. The lowest BCUT2D eigenvalue weighted by molar-refractivity contribution is 0.207. The molecule has 0 spiro atoms. The molecule has 0 aromatic heterocycles. The average Bonchev–Trinajstić information content (AvgIpc) is 2.40. The number of rotatable bonds is 5. The number of para-hydroxylation sites is 1. The van der Waals surface area contributed by atoms with E-state index in [4.69, 9.17) is 16.3 Å². The van der Waals surface area contributed by atoms with Crippen molar-refractivity contribution in [1.29, 1.82) is 0 Å². The van der Waals surface area contributed by atoms with Crippen molar-refractivity contribution < 1.29 is 4.74 Å². The van der Waals surface area contributed by atoms with Crippen molar-refractivity contribution >= 4 is 11.6 Å². The molecule has 1 saturated carbocycles. The van der Waals surface area contributed by atoms with E-state index in [1.165, 1.54) is 32.1 Å². The molecule has 3 heteroatoms. The van der Waals surface area contributed by atoms with Gasteiger partial charge < -0.3 is 10.1 Å². The summed E-state index contributed by atoms with van der Waals surface area (Å²) in [5.41, 5.74) is 1.14. The quantitative estimate of drug-likeness (QED) is 0.870. The molecule has 0 saturated heterocycles. The number of halogens is 1. The highest BCUT2D eigenvalue weighted by molar-refractivity contribution is 6.32. The average molecular weight is 268 g/mol. The Balaban J connectivity index is 1.98. The van der Waals surface area contributed by atoms with Gasteiger partial charge in [0, 0.05) is 12.1 Å². The SMILES string of the molecule is CNCc1cccc(Cl)c1OCC1CCCCC1. The lowest BCUT2D eigenvalue weighted by Gasteiger charge is -2.22. The summed E-state index contributed by atoms with van der Waals surface area (Å²) in [6.07, 6.45) is 6.67. The van der Waals surface area contributed by atoms with E-state index in [1.807, 2.05) is 19.2 Å². The van der Waals surface area contributed by atoms with Crippen LogP contribution in [-0.2, 0) is 6.54 Å². The van der Waals surface area contributed by atoms with Gasteiger partial charge in [-0.25, -0.2) is 0 Å². The monoisotopic (exact) mass is 267 g/mol. The van der Waals surface area contributed by atoms with Crippen LogP contribution in [0.1, 0.15) is 37.7 Å². The lowest BCUT2D eigenvalue weighted by Crippen LogP contribution is -2.16. The molecule has 0 heterocycles. The first-order chi connectivity index (χ1) is 8.81. The van der Waals surface area contributed by atoms with Crippen LogP contribution < -0.4 is 10.1 Å². The molecule has 0 radical (unpaired) electrons. The predicted octanol–water partition coefficient (Wildman–Crippen LogP) is 4.02. The van der Waals surface area contributed by atoms with Gasteiger partial charge in [0.1, 0.15) is 5.75 Å². The minimum Gasteiger partial charge on any atom is -0.491 e. The Hall–Kier alpha value is -0.730. The first-order valence-corrected chi connectivity index (χ1v) is 7.24. The van der Waals surface area contributed by atoms with E-state index in [0.717, 1.165) is 29.5 Å². The first kappa shape index (κ1) is 13.7. The van der Waals surface area contributed by atoms with E-state index in [2.05, 4.69) is 11.4 Å². The molecule has 0 unspecified atom stereocenters. The molecule has 0 aliphatic heterocycles. The fourth-order valence-corrected chi connectivity index (χ4v) is 2.85. The molecular weight excluding hydrogens is 246 g/mol. The van der Waals surface area contributed by atoms with Crippen LogP contribution in [0, 0.1) is 5.92 Å². The first-order valence-electron chi connectivity index (χ1n) is 6.86. The fourth-order valence-electron chi connectivity index (χ4n) is 2.60. The summed E-state index contributed by atoms with van der Waals surface area (Å²) in [6, 6.07) is 5.94. The molecule has 1 aliphatic rings. The van der Waals surface area contributed by atoms with E-state index in [0.29, 0.717) is 5.92 Å². The Morgan fingerprint density at radius 2 is 2.06 bits per heavy atom. The number of benzene rings is 1. The molecule has 1 aliphatic carbocycles. The maximum Gasteiger partial charge on any atom is 0.142 e. The summed E-state index contributed by atoms with van der Waals surface area (Å²) in [7, 11) is 1.94. The van der Waals surface area contributed by atoms with E-state index < -0.39 is 0 Å². The van der Waals surface area contributed by atoms with Gasteiger partial charge in [-0.2, -0.15) is 0 Å². The van der Waals surface area contributed by atoms with Gasteiger partial charge >= 0.3 is 0 Å². The molecule has 2 nitrogen and oxygen atoms in total. The summed E-state index contributed by atoms with van der Waals surface area (Å²) >= 11 is 6.23. The Bertz CT molecular complexity index is 375.